The van der Waals surface area contributed by atoms with Crippen LogP contribution in [0.2, 0.25) is 0 Å². The van der Waals surface area contributed by atoms with Crippen molar-refractivity contribution in [3.05, 3.63) is 42.2 Å². The van der Waals surface area contributed by atoms with Crippen LogP contribution in [0.1, 0.15) is 10.5 Å². The molecule has 0 bridgehead atoms. The standard InChI is InChI=1S/C14H15N5O2/c15-10-1-3-11(4-2-10)19-7-5-12(17-19)14(21)18-8-6-16-13(20)9-18/h1-5,7H,6,8-9,15H2,(H,16,20). The van der Waals surface area contributed by atoms with Crippen LogP contribution in [0, 0.1) is 0 Å². The van der Waals surface area contributed by atoms with Crippen LogP contribution in [0.4, 0.5) is 5.69 Å². The van der Waals surface area contributed by atoms with Crippen molar-refractivity contribution in [2.24, 2.45) is 0 Å². The van der Waals surface area contributed by atoms with Gasteiger partial charge < -0.3 is 16.0 Å². The predicted octanol–water partition coefficient (Wildman–Crippen LogP) is 0.0265. The minimum absolute atomic E-state index is 0.0769. The maximum absolute atomic E-state index is 12.3. The number of nitrogens with zero attached hydrogens (tertiary/aromatic N) is 3. The summed E-state index contributed by atoms with van der Waals surface area (Å²) in [5.74, 6) is -0.383. The molecule has 0 saturated carbocycles. The Balaban J connectivity index is 1.79. The van der Waals surface area contributed by atoms with Crippen molar-refractivity contribution in [3.8, 4) is 5.69 Å². The van der Waals surface area contributed by atoms with Gasteiger partial charge in [-0.05, 0) is 30.3 Å². The Morgan fingerprint density at radius 3 is 2.71 bits per heavy atom. The first kappa shape index (κ1) is 13.2. The second kappa shape index (κ2) is 5.28. The average Bonchev–Trinajstić information content (AvgIpc) is 2.97. The van der Waals surface area contributed by atoms with E-state index in [2.05, 4.69) is 10.4 Å². The van der Waals surface area contributed by atoms with E-state index in [1.54, 1.807) is 29.1 Å². The van der Waals surface area contributed by atoms with Crippen LogP contribution in [-0.2, 0) is 4.79 Å². The zero-order chi connectivity index (χ0) is 14.8. The third-order valence-corrected chi connectivity index (χ3v) is 3.29. The van der Waals surface area contributed by atoms with E-state index in [1.165, 1.54) is 4.90 Å². The van der Waals surface area contributed by atoms with Gasteiger partial charge in [-0.15, -0.1) is 0 Å². The molecule has 0 spiro atoms. The quantitative estimate of drug-likeness (QED) is 0.761. The number of aromatic nitrogens is 2. The third-order valence-electron chi connectivity index (χ3n) is 3.29. The van der Waals surface area contributed by atoms with Crippen LogP contribution < -0.4 is 11.1 Å². The number of nitrogens with two attached hydrogens (primary N) is 1. The van der Waals surface area contributed by atoms with Gasteiger partial charge in [0.2, 0.25) is 5.91 Å². The molecule has 21 heavy (non-hydrogen) atoms. The largest absolute Gasteiger partial charge is 0.399 e. The molecule has 1 aromatic heterocycles. The summed E-state index contributed by atoms with van der Waals surface area (Å²) in [5, 5.41) is 6.95. The Bertz CT molecular complexity index is 677. The summed E-state index contributed by atoms with van der Waals surface area (Å²) in [5.41, 5.74) is 7.45. The van der Waals surface area contributed by atoms with Crippen LogP contribution in [0.5, 0.6) is 0 Å². The van der Waals surface area contributed by atoms with Crippen LogP contribution >= 0.6 is 0 Å². The number of amides is 2. The highest BCUT2D eigenvalue weighted by molar-refractivity contribution is 5.95. The Hall–Kier alpha value is -2.83. The molecule has 108 valence electrons. The third kappa shape index (κ3) is 2.71. The lowest BCUT2D eigenvalue weighted by molar-refractivity contribution is -0.123. The Kier molecular flexibility index (Phi) is 3.31. The van der Waals surface area contributed by atoms with Gasteiger partial charge in [-0.25, -0.2) is 4.68 Å². The van der Waals surface area contributed by atoms with Crippen LogP contribution in [0.25, 0.3) is 5.69 Å². The number of hydrogen-bond donors (Lipinski definition) is 2. The highest BCUT2D eigenvalue weighted by atomic mass is 16.2. The monoisotopic (exact) mass is 285 g/mol. The molecule has 1 aliphatic rings. The summed E-state index contributed by atoms with van der Waals surface area (Å²) in [6, 6.07) is 8.84. The molecule has 2 aromatic rings. The van der Waals surface area contributed by atoms with Gasteiger partial charge in [-0.1, -0.05) is 0 Å². The van der Waals surface area contributed by atoms with Crippen molar-refractivity contribution >= 4 is 17.5 Å². The highest BCUT2D eigenvalue weighted by Gasteiger charge is 2.23. The zero-order valence-corrected chi connectivity index (χ0v) is 11.3. The van der Waals surface area contributed by atoms with E-state index in [9.17, 15) is 9.59 Å². The highest BCUT2D eigenvalue weighted by Crippen LogP contribution is 2.12. The van der Waals surface area contributed by atoms with Gasteiger partial charge in [0.05, 0.1) is 12.2 Å². The number of piperazine rings is 1. The van der Waals surface area contributed by atoms with E-state index < -0.39 is 0 Å². The van der Waals surface area contributed by atoms with Crippen LogP contribution in [0.3, 0.4) is 0 Å². The lowest BCUT2D eigenvalue weighted by Crippen LogP contribution is -2.50. The lowest BCUT2D eigenvalue weighted by Gasteiger charge is -2.25. The normalized spacial score (nSPS) is 14.9. The van der Waals surface area contributed by atoms with E-state index in [0.717, 1.165) is 5.69 Å². The van der Waals surface area contributed by atoms with Crippen molar-refractivity contribution in [1.29, 1.82) is 0 Å². The molecule has 0 radical (unpaired) electrons. The second-order valence-electron chi connectivity index (χ2n) is 4.81. The molecule has 0 aliphatic carbocycles. The molecule has 1 aliphatic heterocycles. The number of hydrogen-bond acceptors (Lipinski definition) is 4. The summed E-state index contributed by atoms with van der Waals surface area (Å²) in [6.07, 6.45) is 1.71. The van der Waals surface area contributed by atoms with Gasteiger partial charge in [-0.3, -0.25) is 9.59 Å². The number of nitrogen functional groups attached to an aromatic ring is 1. The van der Waals surface area contributed by atoms with Crippen LogP contribution in [-0.4, -0.2) is 46.1 Å². The first-order chi connectivity index (χ1) is 10.1. The minimum Gasteiger partial charge on any atom is -0.399 e. The summed E-state index contributed by atoms with van der Waals surface area (Å²) in [6.45, 7) is 1.05. The Labute approximate surface area is 121 Å². The molecule has 7 nitrogen and oxygen atoms in total. The van der Waals surface area contributed by atoms with Crippen molar-refractivity contribution in [1.82, 2.24) is 20.0 Å². The van der Waals surface area contributed by atoms with Crippen molar-refractivity contribution in [2.75, 3.05) is 25.4 Å². The smallest absolute Gasteiger partial charge is 0.274 e. The predicted molar refractivity (Wildman–Crippen MR) is 76.9 cm³/mol. The zero-order valence-electron chi connectivity index (χ0n) is 11.3. The molecule has 1 saturated heterocycles. The van der Waals surface area contributed by atoms with E-state index in [4.69, 9.17) is 5.73 Å². The molecule has 7 heteroatoms. The summed E-state index contributed by atoms with van der Waals surface area (Å²) in [7, 11) is 0. The Morgan fingerprint density at radius 2 is 2.00 bits per heavy atom. The van der Waals surface area contributed by atoms with E-state index in [0.29, 0.717) is 24.5 Å². The fourth-order valence-electron chi connectivity index (χ4n) is 2.18. The van der Waals surface area contributed by atoms with Gasteiger partial charge in [0.15, 0.2) is 5.69 Å². The molecule has 1 aromatic carbocycles. The molecule has 1 fully saturated rings. The van der Waals surface area contributed by atoms with Gasteiger partial charge in [0.25, 0.3) is 5.91 Å². The van der Waals surface area contributed by atoms with Crippen molar-refractivity contribution < 1.29 is 9.59 Å². The topological polar surface area (TPSA) is 93.2 Å². The number of rotatable bonds is 2. The first-order valence-electron chi connectivity index (χ1n) is 6.61. The van der Waals surface area contributed by atoms with Gasteiger partial charge in [-0.2, -0.15) is 5.10 Å². The fraction of sp³-hybridized carbons (Fsp3) is 0.214. The van der Waals surface area contributed by atoms with Crippen molar-refractivity contribution in [3.63, 3.8) is 0 Å². The molecule has 3 N–H and O–H groups in total. The van der Waals surface area contributed by atoms with Crippen molar-refractivity contribution in [2.45, 2.75) is 0 Å². The summed E-state index contributed by atoms with van der Waals surface area (Å²) < 4.78 is 1.61. The fourth-order valence-corrected chi connectivity index (χ4v) is 2.18. The number of anilines is 1. The molecule has 2 amide bonds. The van der Waals surface area contributed by atoms with Gasteiger partial charge in [0.1, 0.15) is 0 Å². The Morgan fingerprint density at radius 1 is 1.24 bits per heavy atom. The number of nitrogens with one attached hydrogen (secondary N) is 1. The molecule has 3 rings (SSSR count). The van der Waals surface area contributed by atoms with Crippen LogP contribution in [0.15, 0.2) is 36.5 Å². The number of carbonyl (C=O) groups excluding carboxylic acids is 2. The SMILES string of the molecule is Nc1ccc(-n2ccc(C(=O)N3CCNC(=O)C3)n2)cc1. The summed E-state index contributed by atoms with van der Waals surface area (Å²) in [4.78, 5) is 25.1. The maximum Gasteiger partial charge on any atom is 0.274 e. The van der Waals surface area contributed by atoms with Gasteiger partial charge in [0, 0.05) is 25.0 Å². The molecule has 0 atom stereocenters. The molecule has 2 heterocycles. The number of benzene rings is 1. The van der Waals surface area contributed by atoms with E-state index in [-0.39, 0.29) is 18.4 Å². The summed E-state index contributed by atoms with van der Waals surface area (Å²) >= 11 is 0. The maximum atomic E-state index is 12.3. The first-order valence-corrected chi connectivity index (χ1v) is 6.61. The van der Waals surface area contributed by atoms with E-state index >= 15 is 0 Å². The molecule has 0 unspecified atom stereocenters. The molecular weight excluding hydrogens is 270 g/mol. The second-order valence-corrected chi connectivity index (χ2v) is 4.81. The van der Waals surface area contributed by atoms with E-state index in [1.807, 2.05) is 12.1 Å². The van der Waals surface area contributed by atoms with Gasteiger partial charge >= 0.3 is 0 Å². The number of carbonyl (C=O) groups is 2. The average molecular weight is 285 g/mol. The lowest BCUT2D eigenvalue weighted by atomic mass is 10.3. The minimum atomic E-state index is -0.237. The molecular formula is C14H15N5O2.